The highest BCUT2D eigenvalue weighted by Gasteiger charge is 2.26. The Morgan fingerprint density at radius 3 is 2.44 bits per heavy atom. The third-order valence-electron chi connectivity index (χ3n) is 4.33. The number of ether oxygens (including phenoxy) is 1. The summed E-state index contributed by atoms with van der Waals surface area (Å²) in [6.07, 6.45) is 0. The molecule has 0 fully saturated rings. The van der Waals surface area contributed by atoms with E-state index in [2.05, 4.69) is 23.6 Å². The number of rotatable bonds is 5. The Hall–Kier alpha value is -1.76. The fourth-order valence-electron chi connectivity index (χ4n) is 2.74. The lowest BCUT2D eigenvalue weighted by Crippen LogP contribution is -2.17. The number of benzene rings is 2. The maximum atomic E-state index is 12.9. The SMILES string of the molecule is Cc1cccc(C2=N[C@H](C(C)C)CO2)c1NS(=O)(=O)c1cc(Cl)cc(Cl)c1. The lowest BCUT2D eigenvalue weighted by molar-refractivity contribution is 0.292. The quantitative estimate of drug-likeness (QED) is 0.738. The summed E-state index contributed by atoms with van der Waals surface area (Å²) in [5.41, 5.74) is 1.79. The van der Waals surface area contributed by atoms with Crippen LogP contribution in [0.4, 0.5) is 5.69 Å². The first-order valence-electron chi connectivity index (χ1n) is 8.47. The van der Waals surface area contributed by atoms with Crippen LogP contribution in [0.25, 0.3) is 0 Å². The highest BCUT2D eigenvalue weighted by Crippen LogP contribution is 2.29. The number of para-hydroxylation sites is 1. The second-order valence-electron chi connectivity index (χ2n) is 6.76. The minimum Gasteiger partial charge on any atom is -0.475 e. The van der Waals surface area contributed by atoms with Crippen molar-refractivity contribution < 1.29 is 13.2 Å². The molecule has 1 aliphatic rings. The Balaban J connectivity index is 2.02. The van der Waals surface area contributed by atoms with Gasteiger partial charge in [0.2, 0.25) is 5.90 Å². The number of aryl methyl sites for hydroxylation is 1. The zero-order chi connectivity index (χ0) is 19.8. The predicted molar refractivity (Wildman–Crippen MR) is 110 cm³/mol. The number of nitrogens with zero attached hydrogens (tertiary/aromatic N) is 1. The van der Waals surface area contributed by atoms with Crippen molar-refractivity contribution in [3.63, 3.8) is 0 Å². The molecule has 1 heterocycles. The van der Waals surface area contributed by atoms with E-state index < -0.39 is 10.0 Å². The zero-order valence-electron chi connectivity index (χ0n) is 15.2. The summed E-state index contributed by atoms with van der Waals surface area (Å²) in [6.45, 7) is 6.45. The molecule has 0 saturated heterocycles. The zero-order valence-corrected chi connectivity index (χ0v) is 17.5. The van der Waals surface area contributed by atoms with Crippen molar-refractivity contribution in [2.75, 3.05) is 11.3 Å². The molecule has 27 heavy (non-hydrogen) atoms. The van der Waals surface area contributed by atoms with Crippen molar-refractivity contribution in [1.29, 1.82) is 0 Å². The van der Waals surface area contributed by atoms with Crippen molar-refractivity contribution in [3.05, 3.63) is 57.6 Å². The van der Waals surface area contributed by atoms with Gasteiger partial charge in [0.1, 0.15) is 6.61 Å². The summed E-state index contributed by atoms with van der Waals surface area (Å²) in [6, 6.07) is 9.69. The van der Waals surface area contributed by atoms with E-state index >= 15 is 0 Å². The number of hydrogen-bond acceptors (Lipinski definition) is 4. The summed E-state index contributed by atoms with van der Waals surface area (Å²) < 4.78 is 34.2. The van der Waals surface area contributed by atoms with Gasteiger partial charge < -0.3 is 4.74 Å². The lowest BCUT2D eigenvalue weighted by Gasteiger charge is -2.15. The van der Waals surface area contributed by atoms with Gasteiger partial charge in [-0.05, 0) is 42.7 Å². The van der Waals surface area contributed by atoms with Gasteiger partial charge in [0.05, 0.1) is 22.2 Å². The summed E-state index contributed by atoms with van der Waals surface area (Å²) in [7, 11) is -3.89. The fraction of sp³-hybridized carbons (Fsp3) is 0.316. The molecule has 2 aromatic rings. The van der Waals surface area contributed by atoms with Crippen LogP contribution in [0.1, 0.15) is 25.0 Å². The first kappa shape index (κ1) is 20.0. The van der Waals surface area contributed by atoms with Gasteiger partial charge in [-0.1, -0.05) is 49.2 Å². The van der Waals surface area contributed by atoms with Gasteiger partial charge in [0, 0.05) is 10.0 Å². The first-order valence-corrected chi connectivity index (χ1v) is 10.7. The van der Waals surface area contributed by atoms with E-state index in [-0.39, 0.29) is 21.0 Å². The van der Waals surface area contributed by atoms with Gasteiger partial charge in [0.25, 0.3) is 10.0 Å². The number of aliphatic imine (C=N–C) groups is 1. The molecule has 144 valence electrons. The van der Waals surface area contributed by atoms with Gasteiger partial charge in [-0.15, -0.1) is 0 Å². The van der Waals surface area contributed by atoms with Crippen LogP contribution in [-0.2, 0) is 14.8 Å². The highest BCUT2D eigenvalue weighted by atomic mass is 35.5. The van der Waals surface area contributed by atoms with Crippen LogP contribution in [0.15, 0.2) is 46.3 Å². The van der Waals surface area contributed by atoms with Crippen LogP contribution in [0, 0.1) is 12.8 Å². The van der Waals surface area contributed by atoms with Crippen LogP contribution in [-0.4, -0.2) is 27.0 Å². The molecule has 0 amide bonds. The van der Waals surface area contributed by atoms with Gasteiger partial charge in [0.15, 0.2) is 0 Å². The molecule has 1 N–H and O–H groups in total. The second-order valence-corrected chi connectivity index (χ2v) is 9.32. The Bertz CT molecular complexity index is 984. The van der Waals surface area contributed by atoms with E-state index in [1.165, 1.54) is 18.2 Å². The Labute approximate surface area is 169 Å². The van der Waals surface area contributed by atoms with Crippen LogP contribution in [0.5, 0.6) is 0 Å². The summed E-state index contributed by atoms with van der Waals surface area (Å²) >= 11 is 11.9. The minimum atomic E-state index is -3.89. The molecule has 3 rings (SSSR count). The molecule has 0 aromatic heterocycles. The molecule has 8 heteroatoms. The van der Waals surface area contributed by atoms with Gasteiger partial charge in [-0.25, -0.2) is 13.4 Å². The van der Waals surface area contributed by atoms with Gasteiger partial charge >= 0.3 is 0 Å². The average Bonchev–Trinajstić information content (AvgIpc) is 3.06. The third kappa shape index (κ3) is 4.39. The molecule has 0 unspecified atom stereocenters. The van der Waals surface area contributed by atoms with Crippen molar-refractivity contribution in [2.45, 2.75) is 31.7 Å². The minimum absolute atomic E-state index is 0.0106. The predicted octanol–water partition coefficient (Wildman–Crippen LogP) is 4.90. The van der Waals surface area contributed by atoms with Crippen LogP contribution < -0.4 is 4.72 Å². The Morgan fingerprint density at radius 1 is 1.19 bits per heavy atom. The number of sulfonamides is 1. The Morgan fingerprint density at radius 2 is 1.85 bits per heavy atom. The first-order chi connectivity index (χ1) is 12.7. The summed E-state index contributed by atoms with van der Waals surface area (Å²) in [4.78, 5) is 4.60. The van der Waals surface area contributed by atoms with Crippen molar-refractivity contribution in [3.8, 4) is 0 Å². The van der Waals surface area contributed by atoms with Crippen LogP contribution in [0.3, 0.4) is 0 Å². The molecule has 0 bridgehead atoms. The number of halogens is 2. The molecule has 0 spiro atoms. The summed E-state index contributed by atoms with van der Waals surface area (Å²) in [5.74, 6) is 0.778. The van der Waals surface area contributed by atoms with E-state index in [1.807, 2.05) is 19.1 Å². The monoisotopic (exact) mass is 426 g/mol. The molecule has 0 aliphatic carbocycles. The lowest BCUT2D eigenvalue weighted by atomic mass is 10.1. The average molecular weight is 427 g/mol. The van der Waals surface area contributed by atoms with Crippen molar-refractivity contribution in [1.82, 2.24) is 0 Å². The van der Waals surface area contributed by atoms with E-state index in [1.54, 1.807) is 6.07 Å². The molecule has 0 radical (unpaired) electrons. The van der Waals surface area contributed by atoms with Crippen molar-refractivity contribution >= 4 is 44.8 Å². The van der Waals surface area contributed by atoms with Gasteiger partial charge in [-0.3, -0.25) is 4.72 Å². The van der Waals surface area contributed by atoms with Gasteiger partial charge in [-0.2, -0.15) is 0 Å². The molecule has 1 atom stereocenters. The number of anilines is 1. The normalized spacial score (nSPS) is 17.0. The molecule has 0 saturated carbocycles. The number of hydrogen-bond donors (Lipinski definition) is 1. The maximum Gasteiger partial charge on any atom is 0.262 e. The van der Waals surface area contributed by atoms with E-state index in [0.29, 0.717) is 29.7 Å². The molecular formula is C19H20Cl2N2O3S. The standard InChI is InChI=1S/C19H20Cl2N2O3S/c1-11(2)17-10-26-19(22-17)16-6-4-5-12(3)18(16)23-27(24,25)15-8-13(20)7-14(21)9-15/h4-9,11,17,23H,10H2,1-3H3/t17-/m0/s1. The molecular weight excluding hydrogens is 407 g/mol. The smallest absolute Gasteiger partial charge is 0.262 e. The second kappa shape index (κ2) is 7.70. The molecule has 2 aromatic carbocycles. The molecule has 5 nitrogen and oxygen atoms in total. The topological polar surface area (TPSA) is 67.8 Å². The summed E-state index contributed by atoms with van der Waals surface area (Å²) in [5, 5.41) is 0.493. The van der Waals surface area contributed by atoms with E-state index in [4.69, 9.17) is 27.9 Å². The fourth-order valence-corrected chi connectivity index (χ4v) is 4.61. The van der Waals surface area contributed by atoms with Crippen molar-refractivity contribution in [2.24, 2.45) is 10.9 Å². The highest BCUT2D eigenvalue weighted by molar-refractivity contribution is 7.92. The van der Waals surface area contributed by atoms with Crippen LogP contribution in [0.2, 0.25) is 10.0 Å². The number of nitrogens with one attached hydrogen (secondary N) is 1. The Kier molecular flexibility index (Phi) is 5.70. The van der Waals surface area contributed by atoms with E-state index in [9.17, 15) is 8.42 Å². The van der Waals surface area contributed by atoms with E-state index in [0.717, 1.165) is 5.56 Å². The molecule has 1 aliphatic heterocycles. The maximum absolute atomic E-state index is 12.9. The largest absolute Gasteiger partial charge is 0.475 e. The van der Waals surface area contributed by atoms with Crippen LogP contribution >= 0.6 is 23.2 Å². The third-order valence-corrected chi connectivity index (χ3v) is 6.10.